The quantitative estimate of drug-likeness (QED) is 0.515. The number of benzene rings is 1. The van der Waals surface area contributed by atoms with E-state index in [4.69, 9.17) is 8.83 Å². The number of amides is 1. The number of ketones is 1. The smallest absolute Gasteiger partial charge is 0.278 e. The van der Waals surface area contributed by atoms with Crippen molar-refractivity contribution in [2.75, 3.05) is 5.32 Å². The minimum atomic E-state index is -0.399. The van der Waals surface area contributed by atoms with Gasteiger partial charge in [0, 0.05) is 18.7 Å². The maximum Gasteiger partial charge on any atom is 0.278 e. The predicted octanol–water partition coefficient (Wildman–Crippen LogP) is 3.63. The van der Waals surface area contributed by atoms with Crippen molar-refractivity contribution < 1.29 is 18.4 Å². The van der Waals surface area contributed by atoms with E-state index >= 15 is 0 Å². The molecule has 8 nitrogen and oxygen atoms in total. The van der Waals surface area contributed by atoms with Crippen molar-refractivity contribution in [1.29, 1.82) is 0 Å². The standard InChI is InChI=1S/C20H16N4O4/c1-13(25)17-8-7-16(28-17)11-24-10-15(9-22-24)23-20(26)18-19(27-12-21-18)14-5-3-2-4-6-14/h2-10,12H,11H2,1H3,(H,23,26). The zero-order valence-electron chi connectivity index (χ0n) is 15.0. The molecular weight excluding hydrogens is 360 g/mol. The Hall–Kier alpha value is -3.94. The van der Waals surface area contributed by atoms with Crippen molar-refractivity contribution in [3.8, 4) is 11.3 Å². The number of hydrogen-bond acceptors (Lipinski definition) is 6. The van der Waals surface area contributed by atoms with Crippen molar-refractivity contribution in [1.82, 2.24) is 14.8 Å². The van der Waals surface area contributed by atoms with Crippen molar-refractivity contribution in [3.05, 3.63) is 78.5 Å². The lowest BCUT2D eigenvalue weighted by Crippen LogP contribution is -2.13. The summed E-state index contributed by atoms with van der Waals surface area (Å²) in [6.07, 6.45) is 4.43. The van der Waals surface area contributed by atoms with Crippen LogP contribution in [0.25, 0.3) is 11.3 Å². The number of carbonyl (C=O) groups excluding carboxylic acids is 2. The van der Waals surface area contributed by atoms with Gasteiger partial charge in [0.25, 0.3) is 5.91 Å². The molecule has 3 heterocycles. The molecule has 0 bridgehead atoms. The average Bonchev–Trinajstić information content (AvgIpc) is 3.43. The molecule has 0 aliphatic rings. The van der Waals surface area contributed by atoms with E-state index in [1.807, 2.05) is 30.3 Å². The van der Waals surface area contributed by atoms with E-state index in [0.717, 1.165) is 5.56 Å². The van der Waals surface area contributed by atoms with Gasteiger partial charge in [0.05, 0.1) is 18.4 Å². The second-order valence-corrected chi connectivity index (χ2v) is 6.10. The highest BCUT2D eigenvalue weighted by Gasteiger charge is 2.19. The van der Waals surface area contributed by atoms with Crippen LogP contribution < -0.4 is 5.32 Å². The van der Waals surface area contributed by atoms with Gasteiger partial charge in [0.2, 0.25) is 0 Å². The minimum Gasteiger partial charge on any atom is -0.456 e. The molecule has 4 rings (SSSR count). The number of anilines is 1. The number of nitrogens with one attached hydrogen (secondary N) is 1. The fourth-order valence-electron chi connectivity index (χ4n) is 2.72. The van der Waals surface area contributed by atoms with Gasteiger partial charge >= 0.3 is 0 Å². The van der Waals surface area contributed by atoms with Gasteiger partial charge in [0.15, 0.2) is 29.4 Å². The SMILES string of the molecule is CC(=O)c1ccc(Cn2cc(NC(=O)c3ncoc3-c3ccccc3)cn2)o1. The normalized spacial score (nSPS) is 10.8. The van der Waals surface area contributed by atoms with Gasteiger partial charge in [-0.1, -0.05) is 30.3 Å². The third kappa shape index (κ3) is 3.61. The Kier molecular flexibility index (Phi) is 4.59. The van der Waals surface area contributed by atoms with Crippen LogP contribution in [-0.4, -0.2) is 26.5 Å². The Morgan fingerprint density at radius 2 is 1.96 bits per heavy atom. The van der Waals surface area contributed by atoms with Crippen LogP contribution in [0.15, 0.2) is 70.1 Å². The van der Waals surface area contributed by atoms with E-state index in [-0.39, 0.29) is 11.5 Å². The van der Waals surface area contributed by atoms with E-state index < -0.39 is 5.91 Å². The van der Waals surface area contributed by atoms with Gasteiger partial charge < -0.3 is 14.2 Å². The van der Waals surface area contributed by atoms with Gasteiger partial charge in [-0.25, -0.2) is 4.98 Å². The van der Waals surface area contributed by atoms with Gasteiger partial charge in [0.1, 0.15) is 5.76 Å². The number of rotatable bonds is 6. The van der Waals surface area contributed by atoms with Crippen LogP contribution in [0.5, 0.6) is 0 Å². The molecule has 0 saturated carbocycles. The van der Waals surface area contributed by atoms with Crippen LogP contribution in [0.4, 0.5) is 5.69 Å². The third-order valence-corrected chi connectivity index (χ3v) is 4.04. The van der Waals surface area contributed by atoms with Crippen LogP contribution in [0.2, 0.25) is 0 Å². The highest BCUT2D eigenvalue weighted by atomic mass is 16.3. The molecule has 0 spiro atoms. The largest absolute Gasteiger partial charge is 0.456 e. The first-order valence-corrected chi connectivity index (χ1v) is 8.52. The number of furan rings is 1. The molecule has 8 heteroatoms. The Bertz CT molecular complexity index is 1120. The zero-order valence-corrected chi connectivity index (χ0v) is 15.0. The van der Waals surface area contributed by atoms with Crippen LogP contribution >= 0.6 is 0 Å². The number of oxazole rings is 1. The lowest BCUT2D eigenvalue weighted by atomic mass is 10.1. The molecule has 0 aliphatic carbocycles. The summed E-state index contributed by atoms with van der Waals surface area (Å²) in [6, 6.07) is 12.6. The number of nitrogens with zero attached hydrogens (tertiary/aromatic N) is 3. The Balaban J connectivity index is 1.46. The molecule has 1 aromatic carbocycles. The van der Waals surface area contributed by atoms with E-state index in [1.54, 1.807) is 23.0 Å². The van der Waals surface area contributed by atoms with Crippen molar-refractivity contribution in [2.24, 2.45) is 0 Å². The van der Waals surface area contributed by atoms with E-state index in [9.17, 15) is 9.59 Å². The van der Waals surface area contributed by atoms with Gasteiger partial charge in [-0.05, 0) is 12.1 Å². The maximum atomic E-state index is 12.6. The summed E-state index contributed by atoms with van der Waals surface area (Å²) in [5.74, 6) is 0.757. The first-order valence-electron chi connectivity index (χ1n) is 8.52. The minimum absolute atomic E-state index is 0.137. The van der Waals surface area contributed by atoms with Crippen LogP contribution in [0.3, 0.4) is 0 Å². The summed E-state index contributed by atoms with van der Waals surface area (Å²) < 4.78 is 12.4. The fourth-order valence-corrected chi connectivity index (χ4v) is 2.72. The second kappa shape index (κ2) is 7.36. The zero-order chi connectivity index (χ0) is 19.5. The van der Waals surface area contributed by atoms with E-state index in [1.165, 1.54) is 19.5 Å². The molecule has 1 N–H and O–H groups in total. The van der Waals surface area contributed by atoms with Crippen molar-refractivity contribution in [3.63, 3.8) is 0 Å². The molecule has 4 aromatic rings. The third-order valence-electron chi connectivity index (χ3n) is 4.04. The summed E-state index contributed by atoms with van der Waals surface area (Å²) in [5, 5.41) is 6.95. The number of hydrogen-bond donors (Lipinski definition) is 1. The molecule has 140 valence electrons. The molecule has 28 heavy (non-hydrogen) atoms. The summed E-state index contributed by atoms with van der Waals surface area (Å²) >= 11 is 0. The van der Waals surface area contributed by atoms with Crippen molar-refractivity contribution >= 4 is 17.4 Å². The molecule has 0 saturated heterocycles. The molecule has 0 radical (unpaired) electrons. The van der Waals surface area contributed by atoms with E-state index in [2.05, 4.69) is 15.4 Å². The molecule has 0 fully saturated rings. The average molecular weight is 376 g/mol. The molecule has 3 aromatic heterocycles. The first-order chi connectivity index (χ1) is 13.6. The first kappa shape index (κ1) is 17.5. The fraction of sp³-hybridized carbons (Fsp3) is 0.100. The highest BCUT2D eigenvalue weighted by molar-refractivity contribution is 6.06. The van der Waals surface area contributed by atoms with Gasteiger partial charge in [-0.3, -0.25) is 14.3 Å². The Morgan fingerprint density at radius 1 is 1.14 bits per heavy atom. The van der Waals surface area contributed by atoms with Gasteiger partial charge in [-0.15, -0.1) is 0 Å². The monoisotopic (exact) mass is 376 g/mol. The second-order valence-electron chi connectivity index (χ2n) is 6.10. The number of carbonyl (C=O) groups is 2. The maximum absolute atomic E-state index is 12.6. The van der Waals surface area contributed by atoms with Crippen LogP contribution in [0.1, 0.15) is 33.7 Å². The van der Waals surface area contributed by atoms with Gasteiger partial charge in [-0.2, -0.15) is 5.10 Å². The number of aromatic nitrogens is 3. The summed E-state index contributed by atoms with van der Waals surface area (Å²) in [5.41, 5.74) is 1.46. The lowest BCUT2D eigenvalue weighted by molar-refractivity contribution is 0.0983. The highest BCUT2D eigenvalue weighted by Crippen LogP contribution is 2.23. The van der Waals surface area contributed by atoms with Crippen LogP contribution in [-0.2, 0) is 6.54 Å². The Morgan fingerprint density at radius 3 is 2.71 bits per heavy atom. The topological polar surface area (TPSA) is 103 Å². The number of Topliss-reactive ketones (excluding diaryl/α,β-unsaturated/α-hetero) is 1. The predicted molar refractivity (Wildman–Crippen MR) is 99.9 cm³/mol. The van der Waals surface area contributed by atoms with Crippen LogP contribution in [0, 0.1) is 0 Å². The van der Waals surface area contributed by atoms with Crippen molar-refractivity contribution in [2.45, 2.75) is 13.5 Å². The molecule has 0 aliphatic heterocycles. The molecule has 0 unspecified atom stereocenters. The summed E-state index contributed by atoms with van der Waals surface area (Å²) in [7, 11) is 0. The van der Waals surface area contributed by atoms with E-state index in [0.29, 0.717) is 29.5 Å². The molecule has 0 atom stereocenters. The summed E-state index contributed by atoms with van der Waals surface area (Å²) in [4.78, 5) is 27.9. The Labute approximate surface area is 159 Å². The summed E-state index contributed by atoms with van der Waals surface area (Å²) in [6.45, 7) is 1.78. The lowest BCUT2D eigenvalue weighted by Gasteiger charge is -2.02. The molecule has 1 amide bonds. The molecular formula is C20H16N4O4.